The molecule has 3 rings (SSSR count). The number of esters is 1. The normalized spacial score (nSPS) is 10.6. The Hall–Kier alpha value is -3.15. The molecule has 0 bridgehead atoms. The van der Waals surface area contributed by atoms with Crippen LogP contribution in [-0.2, 0) is 11.2 Å². The van der Waals surface area contributed by atoms with Gasteiger partial charge in [-0.25, -0.2) is 9.18 Å². The highest BCUT2D eigenvalue weighted by Gasteiger charge is 2.20. The lowest BCUT2D eigenvalue weighted by Gasteiger charge is -2.13. The molecule has 2 aromatic carbocycles. The predicted molar refractivity (Wildman–Crippen MR) is 94.5 cm³/mol. The zero-order valence-corrected chi connectivity index (χ0v) is 13.6. The summed E-state index contributed by atoms with van der Waals surface area (Å²) < 4.78 is 18.2. The molecule has 0 saturated heterocycles. The molecule has 25 heavy (non-hydrogen) atoms. The maximum Gasteiger partial charge on any atom is 0.345 e. The van der Waals surface area contributed by atoms with Gasteiger partial charge in [0.1, 0.15) is 11.4 Å². The van der Waals surface area contributed by atoms with E-state index in [0.717, 1.165) is 5.56 Å². The smallest absolute Gasteiger partial charge is 0.345 e. The lowest BCUT2D eigenvalue weighted by Crippen LogP contribution is -2.23. The van der Waals surface area contributed by atoms with Crippen LogP contribution in [0.2, 0.25) is 0 Å². The number of carbonyl (C=O) groups excluding carboxylic acids is 1. The van der Waals surface area contributed by atoms with Crippen molar-refractivity contribution in [3.05, 3.63) is 75.8 Å². The van der Waals surface area contributed by atoms with Gasteiger partial charge < -0.3 is 15.0 Å². The van der Waals surface area contributed by atoms with Gasteiger partial charge in [-0.2, -0.15) is 0 Å². The van der Waals surface area contributed by atoms with Gasteiger partial charge in [-0.05, 0) is 30.2 Å². The van der Waals surface area contributed by atoms with Gasteiger partial charge in [-0.3, -0.25) is 4.79 Å². The van der Waals surface area contributed by atoms with Gasteiger partial charge in [0.2, 0.25) is 0 Å². The first kappa shape index (κ1) is 16.7. The number of aromatic nitrogens is 1. The van der Waals surface area contributed by atoms with Crippen molar-refractivity contribution in [2.75, 3.05) is 19.0 Å². The molecule has 5 nitrogen and oxygen atoms in total. The molecule has 1 aromatic heterocycles. The zero-order valence-electron chi connectivity index (χ0n) is 13.6. The first-order valence-electron chi connectivity index (χ1n) is 7.82. The van der Waals surface area contributed by atoms with Crippen LogP contribution in [-0.4, -0.2) is 24.6 Å². The highest BCUT2D eigenvalue weighted by Crippen LogP contribution is 2.25. The number of hydrogen-bond acceptors (Lipinski definition) is 4. The first-order valence-corrected chi connectivity index (χ1v) is 7.82. The molecule has 0 radical (unpaired) electrons. The van der Waals surface area contributed by atoms with Crippen LogP contribution in [0.4, 0.5) is 10.1 Å². The van der Waals surface area contributed by atoms with E-state index in [0.29, 0.717) is 29.6 Å². The number of benzene rings is 2. The molecule has 0 aliphatic heterocycles. The topological polar surface area (TPSA) is 71.2 Å². The number of rotatable bonds is 5. The molecule has 2 N–H and O–H groups in total. The Bertz CT molecular complexity index is 968. The van der Waals surface area contributed by atoms with Gasteiger partial charge in [-0.1, -0.05) is 30.3 Å². The van der Waals surface area contributed by atoms with Crippen molar-refractivity contribution in [2.24, 2.45) is 0 Å². The first-order chi connectivity index (χ1) is 12.1. The summed E-state index contributed by atoms with van der Waals surface area (Å²) in [6.45, 7) is 0.504. The fraction of sp³-hybridized carbons (Fsp3) is 0.158. The second kappa shape index (κ2) is 7.17. The van der Waals surface area contributed by atoms with E-state index in [1.807, 2.05) is 30.3 Å². The largest absolute Gasteiger partial charge is 0.465 e. The van der Waals surface area contributed by atoms with Crippen molar-refractivity contribution in [3.8, 4) is 0 Å². The summed E-state index contributed by atoms with van der Waals surface area (Å²) in [7, 11) is 1.21. The Morgan fingerprint density at radius 3 is 2.68 bits per heavy atom. The third kappa shape index (κ3) is 3.52. The molecule has 3 aromatic rings. The highest BCUT2D eigenvalue weighted by atomic mass is 19.1. The SMILES string of the molecule is COC(=O)c1c(NCCc2ccccc2)c2ccc(F)cc2[nH]c1=O. The number of hydrogen-bond donors (Lipinski definition) is 2. The van der Waals surface area contributed by atoms with E-state index in [4.69, 9.17) is 4.74 Å². The van der Waals surface area contributed by atoms with Crippen LogP contribution in [0.15, 0.2) is 53.3 Å². The number of ether oxygens (including phenoxy) is 1. The van der Waals surface area contributed by atoms with Crippen molar-refractivity contribution in [1.82, 2.24) is 4.98 Å². The van der Waals surface area contributed by atoms with E-state index in [2.05, 4.69) is 10.3 Å². The molecule has 6 heteroatoms. The van der Waals surface area contributed by atoms with Gasteiger partial charge >= 0.3 is 5.97 Å². The van der Waals surface area contributed by atoms with E-state index in [-0.39, 0.29) is 5.56 Å². The summed E-state index contributed by atoms with van der Waals surface area (Å²) in [5.41, 5.74) is 1.05. The minimum Gasteiger partial charge on any atom is -0.465 e. The molecule has 0 amide bonds. The maximum atomic E-state index is 13.5. The summed E-state index contributed by atoms with van der Waals surface area (Å²) in [6.07, 6.45) is 0.705. The van der Waals surface area contributed by atoms with Crippen LogP contribution >= 0.6 is 0 Å². The van der Waals surface area contributed by atoms with Gasteiger partial charge in [0.25, 0.3) is 5.56 Å². The number of pyridine rings is 1. The molecule has 0 saturated carbocycles. The van der Waals surface area contributed by atoms with Crippen LogP contribution < -0.4 is 10.9 Å². The van der Waals surface area contributed by atoms with Crippen molar-refractivity contribution >= 4 is 22.6 Å². The standard InChI is InChI=1S/C19H17FN2O3/c1-25-19(24)16-17(21-10-9-12-5-3-2-4-6-12)14-8-7-13(20)11-15(14)22-18(16)23/h2-8,11H,9-10H2,1H3,(H2,21,22,23). The molecule has 128 valence electrons. The molecular weight excluding hydrogens is 323 g/mol. The second-order valence-corrected chi connectivity index (χ2v) is 5.55. The molecule has 1 heterocycles. The molecule has 0 aliphatic carbocycles. The number of aromatic amines is 1. The third-order valence-corrected chi connectivity index (χ3v) is 3.92. The summed E-state index contributed by atoms with van der Waals surface area (Å²) in [5.74, 6) is -1.21. The van der Waals surface area contributed by atoms with Crippen LogP contribution in [0, 0.1) is 5.82 Å². The average Bonchev–Trinajstić information content (AvgIpc) is 2.61. The number of halogens is 1. The van der Waals surface area contributed by atoms with Gasteiger partial charge in [0, 0.05) is 11.9 Å². The Morgan fingerprint density at radius 2 is 1.96 bits per heavy atom. The molecule has 0 spiro atoms. The fourth-order valence-corrected chi connectivity index (χ4v) is 2.73. The maximum absolute atomic E-state index is 13.5. The molecular formula is C19H17FN2O3. The summed E-state index contributed by atoms with van der Waals surface area (Å²) in [5, 5.41) is 3.69. The van der Waals surface area contributed by atoms with E-state index in [1.165, 1.54) is 25.3 Å². The number of methoxy groups -OCH3 is 1. The molecule has 0 unspecified atom stereocenters. The van der Waals surface area contributed by atoms with Crippen LogP contribution in [0.1, 0.15) is 15.9 Å². The number of fused-ring (bicyclic) bond motifs is 1. The quantitative estimate of drug-likeness (QED) is 0.700. The monoisotopic (exact) mass is 340 g/mol. The van der Waals surface area contributed by atoms with Crippen molar-refractivity contribution in [1.29, 1.82) is 0 Å². The number of nitrogens with one attached hydrogen (secondary N) is 2. The van der Waals surface area contributed by atoms with Crippen LogP contribution in [0.3, 0.4) is 0 Å². The van der Waals surface area contributed by atoms with E-state index in [9.17, 15) is 14.0 Å². The Balaban J connectivity index is 2.00. The van der Waals surface area contributed by atoms with Crippen molar-refractivity contribution in [3.63, 3.8) is 0 Å². The third-order valence-electron chi connectivity index (χ3n) is 3.92. The molecule has 0 atom stereocenters. The average molecular weight is 340 g/mol. The molecule has 0 fully saturated rings. The van der Waals surface area contributed by atoms with Gasteiger partial charge in [0.05, 0.1) is 18.3 Å². The number of anilines is 1. The second-order valence-electron chi connectivity index (χ2n) is 5.55. The zero-order chi connectivity index (χ0) is 17.8. The summed E-state index contributed by atoms with van der Waals surface area (Å²) >= 11 is 0. The number of carbonyl (C=O) groups is 1. The van der Waals surface area contributed by atoms with E-state index in [1.54, 1.807) is 0 Å². The van der Waals surface area contributed by atoms with Crippen LogP contribution in [0.5, 0.6) is 0 Å². The predicted octanol–water partition coefficient (Wildman–Crippen LogP) is 3.11. The lowest BCUT2D eigenvalue weighted by molar-refractivity contribution is 0.0600. The fourth-order valence-electron chi connectivity index (χ4n) is 2.73. The number of H-pyrrole nitrogens is 1. The van der Waals surface area contributed by atoms with Crippen molar-refractivity contribution < 1.29 is 13.9 Å². The Labute approximate surface area is 143 Å². The molecule has 0 aliphatic rings. The Morgan fingerprint density at radius 1 is 1.20 bits per heavy atom. The van der Waals surface area contributed by atoms with Crippen molar-refractivity contribution in [2.45, 2.75) is 6.42 Å². The summed E-state index contributed by atoms with van der Waals surface area (Å²) in [4.78, 5) is 26.8. The van der Waals surface area contributed by atoms with Crippen LogP contribution in [0.25, 0.3) is 10.9 Å². The summed E-state index contributed by atoms with van der Waals surface area (Å²) in [6, 6.07) is 13.8. The minimum absolute atomic E-state index is 0.116. The Kier molecular flexibility index (Phi) is 4.79. The minimum atomic E-state index is -0.741. The van der Waals surface area contributed by atoms with E-state index < -0.39 is 17.3 Å². The van der Waals surface area contributed by atoms with E-state index >= 15 is 0 Å². The lowest BCUT2D eigenvalue weighted by atomic mass is 10.1. The van der Waals surface area contributed by atoms with Gasteiger partial charge in [-0.15, -0.1) is 0 Å². The van der Waals surface area contributed by atoms with Gasteiger partial charge in [0.15, 0.2) is 0 Å². The highest BCUT2D eigenvalue weighted by molar-refractivity contribution is 6.04.